The summed E-state index contributed by atoms with van der Waals surface area (Å²) in [4.78, 5) is -0.523. The number of hydrogen-bond acceptors (Lipinski definition) is 6. The second-order valence-electron chi connectivity index (χ2n) is 2.28. The molecule has 0 saturated carbocycles. The van der Waals surface area contributed by atoms with E-state index in [1.54, 1.807) is 0 Å². The van der Waals surface area contributed by atoms with Gasteiger partial charge in [0.15, 0.2) is 0 Å². The predicted octanol–water partition coefficient (Wildman–Crippen LogP) is -1.08. The lowest BCUT2D eigenvalue weighted by Crippen LogP contribution is -2.08. The van der Waals surface area contributed by atoms with Crippen LogP contribution in [0.3, 0.4) is 0 Å². The summed E-state index contributed by atoms with van der Waals surface area (Å²) in [7, 11) is -7.64. The Labute approximate surface area is 69.0 Å². The van der Waals surface area contributed by atoms with Gasteiger partial charge in [-0.25, -0.2) is 0 Å². The largest absolute Gasteiger partial charge is 0.296 e. The molecule has 0 atom stereocenters. The molecule has 0 unspecified atom stereocenters. The summed E-state index contributed by atoms with van der Waals surface area (Å²) in [5.41, 5.74) is 0. The summed E-state index contributed by atoms with van der Waals surface area (Å²) < 4.78 is 52.2. The average molecular weight is 212 g/mol. The lowest BCUT2D eigenvalue weighted by Gasteiger charge is -1.98. The molecule has 0 amide bonds. The maximum atomic E-state index is 10.9. The highest BCUT2D eigenvalue weighted by Gasteiger charge is 2.43. The molecule has 68 valence electrons. The fraction of sp³-hybridized carbons (Fsp3) is 0.500. The fourth-order valence-electron chi connectivity index (χ4n) is 0.989. The lowest BCUT2D eigenvalue weighted by molar-refractivity contribution is 0.342. The maximum Gasteiger partial charge on any atom is 0.296 e. The van der Waals surface area contributed by atoms with E-state index >= 15 is 0 Å². The summed E-state index contributed by atoms with van der Waals surface area (Å²) in [5.74, 6) is 0. The van der Waals surface area contributed by atoms with E-state index in [1.807, 2.05) is 0 Å². The van der Waals surface area contributed by atoms with Crippen molar-refractivity contribution in [3.8, 4) is 0 Å². The van der Waals surface area contributed by atoms with Gasteiger partial charge in [0.2, 0.25) is 0 Å². The van der Waals surface area contributed by atoms with Crippen LogP contribution < -0.4 is 0 Å². The Morgan fingerprint density at radius 2 is 1.17 bits per heavy atom. The van der Waals surface area contributed by atoms with E-state index in [0.29, 0.717) is 0 Å². The minimum Gasteiger partial charge on any atom is -0.261 e. The Morgan fingerprint density at radius 3 is 1.50 bits per heavy atom. The zero-order chi connectivity index (χ0) is 8.98. The van der Waals surface area contributed by atoms with E-state index in [9.17, 15) is 16.8 Å². The first-order valence-electron chi connectivity index (χ1n) is 2.94. The van der Waals surface area contributed by atoms with Gasteiger partial charge in [-0.05, 0) is 0 Å². The summed E-state index contributed by atoms with van der Waals surface area (Å²) in [6.07, 6.45) is 0. The molecule has 0 aliphatic carbocycles. The van der Waals surface area contributed by atoms with E-state index in [0.717, 1.165) is 0 Å². The van der Waals surface area contributed by atoms with Gasteiger partial charge in [0.25, 0.3) is 20.2 Å². The van der Waals surface area contributed by atoms with Crippen molar-refractivity contribution in [2.24, 2.45) is 0 Å². The van der Waals surface area contributed by atoms with Crippen molar-refractivity contribution in [1.82, 2.24) is 0 Å². The van der Waals surface area contributed by atoms with Gasteiger partial charge < -0.3 is 0 Å². The standard InChI is InChI=1S/C4H4O6S2/c5-11(6)3-1-9-12(7,8)4(3)2-10-11/h1-2H2. The highest BCUT2D eigenvalue weighted by atomic mass is 32.2. The zero-order valence-corrected chi connectivity index (χ0v) is 7.31. The minimum atomic E-state index is -3.82. The SMILES string of the molecule is O=S1(=O)OCC2=C1COS2(=O)=O. The lowest BCUT2D eigenvalue weighted by atomic mass is 10.5. The van der Waals surface area contributed by atoms with E-state index in [2.05, 4.69) is 8.37 Å². The maximum absolute atomic E-state index is 10.9. The molecular weight excluding hydrogens is 208 g/mol. The minimum absolute atomic E-state index is 0.262. The van der Waals surface area contributed by atoms with Crippen LogP contribution in [0.5, 0.6) is 0 Å². The molecule has 2 rings (SSSR count). The van der Waals surface area contributed by atoms with Crippen molar-refractivity contribution < 1.29 is 25.2 Å². The van der Waals surface area contributed by atoms with Crippen LogP contribution in [-0.4, -0.2) is 30.0 Å². The van der Waals surface area contributed by atoms with Crippen molar-refractivity contribution in [1.29, 1.82) is 0 Å². The van der Waals surface area contributed by atoms with E-state index in [1.165, 1.54) is 0 Å². The molecule has 0 aromatic carbocycles. The normalized spacial score (nSPS) is 30.7. The molecular formula is C4H4O6S2. The van der Waals surface area contributed by atoms with Gasteiger partial charge in [-0.1, -0.05) is 0 Å². The van der Waals surface area contributed by atoms with Crippen LogP contribution in [0.2, 0.25) is 0 Å². The summed E-state index contributed by atoms with van der Waals surface area (Å²) in [6, 6.07) is 0. The van der Waals surface area contributed by atoms with Gasteiger partial charge in [0, 0.05) is 0 Å². The van der Waals surface area contributed by atoms with Crippen LogP contribution in [0, 0.1) is 0 Å². The highest BCUT2D eigenvalue weighted by molar-refractivity contribution is 7.96. The third-order valence-corrected chi connectivity index (χ3v) is 4.53. The molecule has 0 spiro atoms. The van der Waals surface area contributed by atoms with Crippen molar-refractivity contribution >= 4 is 20.2 Å². The molecule has 2 aliphatic rings. The van der Waals surface area contributed by atoms with Crippen LogP contribution in [0.15, 0.2) is 9.81 Å². The molecule has 0 fully saturated rings. The summed E-state index contributed by atoms with van der Waals surface area (Å²) >= 11 is 0. The monoisotopic (exact) mass is 212 g/mol. The van der Waals surface area contributed by atoms with Crippen molar-refractivity contribution in [3.63, 3.8) is 0 Å². The van der Waals surface area contributed by atoms with Crippen molar-refractivity contribution in [3.05, 3.63) is 9.81 Å². The molecule has 12 heavy (non-hydrogen) atoms. The first kappa shape index (κ1) is 8.17. The molecule has 6 nitrogen and oxygen atoms in total. The summed E-state index contributed by atoms with van der Waals surface area (Å²) in [6.45, 7) is -0.861. The molecule has 0 N–H and O–H groups in total. The first-order valence-corrected chi connectivity index (χ1v) is 5.76. The Morgan fingerprint density at radius 1 is 0.833 bits per heavy atom. The second-order valence-corrected chi connectivity index (χ2v) is 5.55. The molecule has 2 aliphatic heterocycles. The molecule has 0 radical (unpaired) electrons. The second kappa shape index (κ2) is 2.08. The Bertz CT molecular complexity index is 408. The Balaban J connectivity index is 2.69. The summed E-state index contributed by atoms with van der Waals surface area (Å²) in [5, 5.41) is 0. The van der Waals surface area contributed by atoms with E-state index < -0.39 is 33.5 Å². The van der Waals surface area contributed by atoms with Crippen molar-refractivity contribution in [2.75, 3.05) is 13.2 Å². The van der Waals surface area contributed by atoms with Crippen molar-refractivity contribution in [2.45, 2.75) is 0 Å². The van der Waals surface area contributed by atoms with Gasteiger partial charge in [-0.15, -0.1) is 0 Å². The molecule has 0 aromatic heterocycles. The van der Waals surface area contributed by atoms with Gasteiger partial charge in [0.05, 0.1) is 0 Å². The number of hydrogen-bond donors (Lipinski definition) is 0. The molecule has 2 heterocycles. The van der Waals surface area contributed by atoms with Crippen LogP contribution >= 0.6 is 0 Å². The predicted molar refractivity (Wildman–Crippen MR) is 36.8 cm³/mol. The van der Waals surface area contributed by atoms with Crippen LogP contribution in [0.25, 0.3) is 0 Å². The van der Waals surface area contributed by atoms with Gasteiger partial charge >= 0.3 is 0 Å². The fourth-order valence-corrected chi connectivity index (χ4v) is 3.66. The molecule has 0 saturated heterocycles. The van der Waals surface area contributed by atoms with Crippen LogP contribution in [0.4, 0.5) is 0 Å². The number of rotatable bonds is 0. The first-order chi connectivity index (χ1) is 5.43. The molecule has 0 bridgehead atoms. The topological polar surface area (TPSA) is 86.7 Å². The third-order valence-electron chi connectivity index (χ3n) is 1.60. The van der Waals surface area contributed by atoms with Crippen LogP contribution in [-0.2, 0) is 28.6 Å². The average Bonchev–Trinajstić information content (AvgIpc) is 2.36. The van der Waals surface area contributed by atoms with Gasteiger partial charge in [-0.3, -0.25) is 8.37 Å². The molecule has 0 aromatic rings. The zero-order valence-electron chi connectivity index (χ0n) is 5.68. The third kappa shape index (κ3) is 0.922. The highest BCUT2D eigenvalue weighted by Crippen LogP contribution is 2.33. The van der Waals surface area contributed by atoms with Crippen LogP contribution in [0.1, 0.15) is 0 Å². The van der Waals surface area contributed by atoms with Gasteiger partial charge in [-0.2, -0.15) is 16.8 Å². The van der Waals surface area contributed by atoms with Gasteiger partial charge in [0.1, 0.15) is 23.0 Å². The Kier molecular flexibility index (Phi) is 1.41. The molecule has 8 heteroatoms. The smallest absolute Gasteiger partial charge is 0.261 e. The van der Waals surface area contributed by atoms with E-state index in [-0.39, 0.29) is 9.81 Å². The Hall–Kier alpha value is -0.440. The quantitative estimate of drug-likeness (QED) is 0.474. The van der Waals surface area contributed by atoms with E-state index in [4.69, 9.17) is 0 Å².